The van der Waals surface area contributed by atoms with Crippen molar-refractivity contribution >= 4 is 5.97 Å². The van der Waals surface area contributed by atoms with Gasteiger partial charge in [-0.15, -0.1) is 0 Å². The molecule has 0 heterocycles. The van der Waals surface area contributed by atoms with Gasteiger partial charge in [0.2, 0.25) is 0 Å². The molecular formula is C9H13N3O2. The second-order valence-corrected chi connectivity index (χ2v) is 3.11. The third kappa shape index (κ3) is 2.78. The van der Waals surface area contributed by atoms with Crippen LogP contribution in [0, 0.1) is 0 Å². The first-order valence-electron chi connectivity index (χ1n) is 4.69. The number of rotatable bonds is 4. The summed E-state index contributed by atoms with van der Waals surface area (Å²) < 4.78 is 4.97. The molecular weight excluding hydrogens is 182 g/mol. The molecule has 0 bridgehead atoms. The quantitative estimate of drug-likeness (QED) is 0.299. The fourth-order valence-electron chi connectivity index (χ4n) is 1.39. The third-order valence-corrected chi connectivity index (χ3v) is 2.16. The molecule has 0 saturated heterocycles. The zero-order valence-corrected chi connectivity index (χ0v) is 8.19. The Morgan fingerprint density at radius 3 is 3.07 bits per heavy atom. The number of hydrogen-bond acceptors (Lipinski definition) is 3. The lowest BCUT2D eigenvalue weighted by Gasteiger charge is -2.04. The maximum atomic E-state index is 10.9. The SMILES string of the molecule is CCC(=O)OCC1=C(N=[N+]=[N-])CCC1. The van der Waals surface area contributed by atoms with Crippen molar-refractivity contribution < 1.29 is 9.53 Å². The van der Waals surface area contributed by atoms with Crippen LogP contribution in [0.15, 0.2) is 16.4 Å². The molecule has 1 aliphatic rings. The van der Waals surface area contributed by atoms with Crippen molar-refractivity contribution in [1.82, 2.24) is 0 Å². The molecule has 5 heteroatoms. The van der Waals surface area contributed by atoms with Crippen LogP contribution >= 0.6 is 0 Å². The standard InChI is InChI=1S/C9H13N3O2/c1-2-9(13)14-6-7-4-3-5-8(7)11-12-10/h2-6H2,1H3. The maximum absolute atomic E-state index is 10.9. The fourth-order valence-corrected chi connectivity index (χ4v) is 1.39. The molecule has 1 aliphatic carbocycles. The number of carbonyl (C=O) groups is 1. The molecule has 0 aromatic carbocycles. The molecule has 14 heavy (non-hydrogen) atoms. The van der Waals surface area contributed by atoms with E-state index in [0.29, 0.717) is 6.42 Å². The predicted molar refractivity (Wildman–Crippen MR) is 51.3 cm³/mol. The average molecular weight is 195 g/mol. The third-order valence-electron chi connectivity index (χ3n) is 2.16. The molecule has 0 amide bonds. The first kappa shape index (κ1) is 10.6. The van der Waals surface area contributed by atoms with Gasteiger partial charge in [0.15, 0.2) is 0 Å². The summed E-state index contributed by atoms with van der Waals surface area (Å²) in [4.78, 5) is 13.6. The molecule has 0 aromatic heterocycles. The molecule has 0 N–H and O–H groups in total. The highest BCUT2D eigenvalue weighted by atomic mass is 16.5. The lowest BCUT2D eigenvalue weighted by atomic mass is 10.2. The normalized spacial score (nSPS) is 15.2. The minimum absolute atomic E-state index is 0.218. The predicted octanol–water partition coefficient (Wildman–Crippen LogP) is 2.69. The van der Waals surface area contributed by atoms with Gasteiger partial charge in [-0.2, -0.15) is 0 Å². The van der Waals surface area contributed by atoms with Gasteiger partial charge >= 0.3 is 5.97 Å². The number of nitrogens with zero attached hydrogens (tertiary/aromatic N) is 3. The van der Waals surface area contributed by atoms with E-state index >= 15 is 0 Å². The Hall–Kier alpha value is -1.48. The summed E-state index contributed by atoms with van der Waals surface area (Å²) in [5, 5.41) is 3.58. The minimum atomic E-state index is -0.218. The van der Waals surface area contributed by atoms with Crippen molar-refractivity contribution in [3.63, 3.8) is 0 Å². The van der Waals surface area contributed by atoms with Gasteiger partial charge in [-0.25, -0.2) is 0 Å². The van der Waals surface area contributed by atoms with Crippen LogP contribution in [0.1, 0.15) is 32.6 Å². The highest BCUT2D eigenvalue weighted by Gasteiger charge is 2.14. The summed E-state index contributed by atoms with van der Waals surface area (Å²) >= 11 is 0. The Morgan fingerprint density at radius 1 is 1.64 bits per heavy atom. The lowest BCUT2D eigenvalue weighted by Crippen LogP contribution is -2.05. The highest BCUT2D eigenvalue weighted by Crippen LogP contribution is 2.27. The molecule has 0 unspecified atom stereocenters. The van der Waals surface area contributed by atoms with Gasteiger partial charge in [0.1, 0.15) is 6.61 Å². The average Bonchev–Trinajstić information content (AvgIpc) is 2.62. The Morgan fingerprint density at radius 2 is 2.43 bits per heavy atom. The molecule has 0 spiro atoms. The number of hydrogen-bond donors (Lipinski definition) is 0. The number of allylic oxidation sites excluding steroid dienone is 1. The summed E-state index contributed by atoms with van der Waals surface area (Å²) in [6.45, 7) is 2.03. The van der Waals surface area contributed by atoms with Gasteiger partial charge in [-0.3, -0.25) is 4.79 Å². The second kappa shape index (κ2) is 5.29. The molecule has 76 valence electrons. The van der Waals surface area contributed by atoms with Crippen molar-refractivity contribution in [2.45, 2.75) is 32.6 Å². The smallest absolute Gasteiger partial charge is 0.305 e. The molecule has 0 atom stereocenters. The van der Waals surface area contributed by atoms with Crippen LogP contribution < -0.4 is 0 Å². The van der Waals surface area contributed by atoms with E-state index in [9.17, 15) is 4.79 Å². The zero-order valence-electron chi connectivity index (χ0n) is 8.19. The van der Waals surface area contributed by atoms with Gasteiger partial charge in [0.05, 0.1) is 0 Å². The van der Waals surface area contributed by atoms with Gasteiger partial charge in [-0.1, -0.05) is 12.0 Å². The van der Waals surface area contributed by atoms with Crippen molar-refractivity contribution in [3.8, 4) is 0 Å². The van der Waals surface area contributed by atoms with E-state index in [2.05, 4.69) is 10.0 Å². The summed E-state index contributed by atoms with van der Waals surface area (Å²) in [7, 11) is 0. The minimum Gasteiger partial charge on any atom is -0.461 e. The lowest BCUT2D eigenvalue weighted by molar-refractivity contribution is -0.142. The van der Waals surface area contributed by atoms with Gasteiger partial charge in [-0.05, 0) is 30.4 Å². The second-order valence-electron chi connectivity index (χ2n) is 3.11. The van der Waals surface area contributed by atoms with Crippen LogP contribution in [-0.2, 0) is 9.53 Å². The van der Waals surface area contributed by atoms with E-state index in [1.165, 1.54) is 0 Å². The Kier molecular flexibility index (Phi) is 4.01. The van der Waals surface area contributed by atoms with E-state index < -0.39 is 0 Å². The molecule has 5 nitrogen and oxygen atoms in total. The van der Waals surface area contributed by atoms with Crippen LogP contribution in [0.4, 0.5) is 0 Å². The van der Waals surface area contributed by atoms with Crippen LogP contribution in [0.5, 0.6) is 0 Å². The van der Waals surface area contributed by atoms with E-state index in [1.807, 2.05) is 0 Å². The first-order valence-corrected chi connectivity index (χ1v) is 4.69. The van der Waals surface area contributed by atoms with E-state index in [4.69, 9.17) is 10.3 Å². The molecule has 0 saturated carbocycles. The molecule has 0 fully saturated rings. The van der Waals surface area contributed by atoms with Crippen molar-refractivity contribution in [2.24, 2.45) is 5.11 Å². The van der Waals surface area contributed by atoms with E-state index in [0.717, 1.165) is 30.5 Å². The highest BCUT2D eigenvalue weighted by molar-refractivity contribution is 5.69. The van der Waals surface area contributed by atoms with Crippen molar-refractivity contribution in [3.05, 3.63) is 21.7 Å². The number of azide groups is 1. The fraction of sp³-hybridized carbons (Fsp3) is 0.667. The van der Waals surface area contributed by atoms with Crippen molar-refractivity contribution in [1.29, 1.82) is 0 Å². The van der Waals surface area contributed by atoms with Crippen LogP contribution in [0.3, 0.4) is 0 Å². The number of esters is 1. The molecule has 0 aliphatic heterocycles. The number of carbonyl (C=O) groups excluding carboxylic acids is 1. The largest absolute Gasteiger partial charge is 0.461 e. The van der Waals surface area contributed by atoms with E-state index in [1.54, 1.807) is 6.92 Å². The zero-order chi connectivity index (χ0) is 10.4. The summed E-state index contributed by atoms with van der Waals surface area (Å²) in [5.41, 5.74) is 9.99. The topological polar surface area (TPSA) is 75.1 Å². The van der Waals surface area contributed by atoms with Gasteiger partial charge in [0, 0.05) is 17.0 Å². The Labute approximate surface area is 82.4 Å². The molecule has 0 radical (unpaired) electrons. The van der Waals surface area contributed by atoms with Gasteiger partial charge in [0.25, 0.3) is 0 Å². The van der Waals surface area contributed by atoms with Crippen LogP contribution in [0.2, 0.25) is 0 Å². The van der Waals surface area contributed by atoms with Crippen LogP contribution in [0.25, 0.3) is 10.4 Å². The Bertz CT molecular complexity index is 303. The monoisotopic (exact) mass is 195 g/mol. The molecule has 0 aromatic rings. The Balaban J connectivity index is 2.53. The number of ether oxygens (including phenoxy) is 1. The van der Waals surface area contributed by atoms with Gasteiger partial charge < -0.3 is 4.74 Å². The maximum Gasteiger partial charge on any atom is 0.305 e. The van der Waals surface area contributed by atoms with Crippen LogP contribution in [-0.4, -0.2) is 12.6 Å². The van der Waals surface area contributed by atoms with E-state index in [-0.39, 0.29) is 12.6 Å². The van der Waals surface area contributed by atoms with Crippen molar-refractivity contribution in [2.75, 3.05) is 6.61 Å². The summed E-state index contributed by atoms with van der Waals surface area (Å²) in [5.74, 6) is -0.218. The summed E-state index contributed by atoms with van der Waals surface area (Å²) in [6.07, 6.45) is 3.02. The molecule has 1 rings (SSSR count). The first-order chi connectivity index (χ1) is 6.77. The summed E-state index contributed by atoms with van der Waals surface area (Å²) in [6, 6.07) is 0.